The lowest BCUT2D eigenvalue weighted by Crippen LogP contribution is -2.16. The van der Waals surface area contributed by atoms with Gasteiger partial charge in [-0.2, -0.15) is 0 Å². The lowest BCUT2D eigenvalue weighted by atomic mass is 10.0. The summed E-state index contributed by atoms with van der Waals surface area (Å²) in [6.07, 6.45) is 14.4. The Kier molecular flexibility index (Phi) is 11.4. The van der Waals surface area contributed by atoms with Crippen LogP contribution in [0.5, 0.6) is 0 Å². The largest absolute Gasteiger partial charge is 0.0654 e. The van der Waals surface area contributed by atoms with Crippen LogP contribution in [0.25, 0.3) is 0 Å². The first kappa shape index (κ1) is 19.4. The smallest absolute Gasteiger partial charge is 0.0617 e. The maximum absolute atomic E-state index is 2.62. The van der Waals surface area contributed by atoms with E-state index in [1.54, 1.807) is 12.3 Å². The Hall–Kier alpha value is 0.430. The molecule has 0 bridgehead atoms. The highest BCUT2D eigenvalue weighted by Crippen LogP contribution is 2.55. The van der Waals surface area contributed by atoms with Gasteiger partial charge in [-0.1, -0.05) is 53.4 Å². The van der Waals surface area contributed by atoms with Crippen molar-refractivity contribution < 1.29 is 0 Å². The maximum atomic E-state index is 2.62. The van der Waals surface area contributed by atoms with Crippen LogP contribution in [0.3, 0.4) is 0 Å². The van der Waals surface area contributed by atoms with Crippen molar-refractivity contribution in [2.45, 2.75) is 79.1 Å². The predicted molar refractivity (Wildman–Crippen MR) is 95.1 cm³/mol. The predicted octanol–water partition coefficient (Wildman–Crippen LogP) is 6.70. The fraction of sp³-hybridized carbons (Fsp3) is 1.00. The van der Waals surface area contributed by atoms with Gasteiger partial charge in [0.05, 0.1) is 12.3 Å². The van der Waals surface area contributed by atoms with Crippen molar-refractivity contribution >= 4 is 7.26 Å². The van der Waals surface area contributed by atoms with E-state index in [4.69, 9.17) is 0 Å². The average molecular weight is 287 g/mol. The standard InChI is InChI=1S/C18H40P/c1-7-11-13-17(9-3)15-19(5,6)16-18(10-4)14-12-8-2/h17-18H,7-16H2,1-6H3/q+1. The van der Waals surface area contributed by atoms with Gasteiger partial charge in [-0.25, -0.2) is 0 Å². The summed E-state index contributed by atoms with van der Waals surface area (Å²) in [5.41, 5.74) is 0. The first-order valence-corrected chi connectivity index (χ1v) is 11.9. The van der Waals surface area contributed by atoms with Crippen molar-refractivity contribution in [3.05, 3.63) is 0 Å². The number of hydrogen-bond acceptors (Lipinski definition) is 0. The molecule has 0 nitrogen and oxygen atoms in total. The maximum Gasteiger partial charge on any atom is 0.0617 e. The third-order valence-corrected chi connectivity index (χ3v) is 7.60. The van der Waals surface area contributed by atoms with Crippen LogP contribution in [0.1, 0.15) is 79.1 Å². The minimum atomic E-state index is -0.668. The molecule has 0 spiro atoms. The third kappa shape index (κ3) is 9.89. The fourth-order valence-corrected chi connectivity index (χ4v) is 7.13. The summed E-state index contributed by atoms with van der Waals surface area (Å²) in [5, 5.41) is 0. The van der Waals surface area contributed by atoms with Crippen LogP contribution < -0.4 is 0 Å². The highest BCUT2D eigenvalue weighted by molar-refractivity contribution is 7.74. The third-order valence-electron chi connectivity index (χ3n) is 4.59. The zero-order valence-corrected chi connectivity index (χ0v) is 15.6. The Balaban J connectivity index is 4.24. The minimum absolute atomic E-state index is 0.668. The van der Waals surface area contributed by atoms with E-state index in [-0.39, 0.29) is 0 Å². The van der Waals surface area contributed by atoms with Gasteiger partial charge in [0.1, 0.15) is 0 Å². The molecule has 2 unspecified atom stereocenters. The van der Waals surface area contributed by atoms with Gasteiger partial charge >= 0.3 is 0 Å². The molecule has 0 aliphatic rings. The van der Waals surface area contributed by atoms with Crippen molar-refractivity contribution in [2.75, 3.05) is 25.7 Å². The monoisotopic (exact) mass is 287 g/mol. The van der Waals surface area contributed by atoms with Gasteiger partial charge in [-0.05, 0) is 37.5 Å². The van der Waals surface area contributed by atoms with Crippen molar-refractivity contribution in [2.24, 2.45) is 11.8 Å². The topological polar surface area (TPSA) is 0 Å². The van der Waals surface area contributed by atoms with Gasteiger partial charge in [0.25, 0.3) is 0 Å². The Morgan fingerprint density at radius 3 is 1.32 bits per heavy atom. The number of rotatable bonds is 12. The second-order valence-electron chi connectivity index (χ2n) is 7.13. The van der Waals surface area contributed by atoms with Crippen molar-refractivity contribution in [3.63, 3.8) is 0 Å². The summed E-state index contributed by atoms with van der Waals surface area (Å²) < 4.78 is 0. The van der Waals surface area contributed by atoms with Gasteiger partial charge in [0.2, 0.25) is 0 Å². The molecule has 0 aromatic rings. The molecule has 0 radical (unpaired) electrons. The second-order valence-corrected chi connectivity index (χ2v) is 11.7. The summed E-state index contributed by atoms with van der Waals surface area (Å²) in [6.45, 7) is 14.7. The minimum Gasteiger partial charge on any atom is -0.0654 e. The SMILES string of the molecule is CCCCC(CC)C[P+](C)(C)CC(CC)CCCC. The molecule has 0 aromatic carbocycles. The van der Waals surface area contributed by atoms with Crippen LogP contribution in [-0.2, 0) is 0 Å². The Labute approximate surface area is 124 Å². The van der Waals surface area contributed by atoms with Gasteiger partial charge in [0, 0.05) is 20.6 Å². The first-order valence-electron chi connectivity index (χ1n) is 8.80. The van der Waals surface area contributed by atoms with Crippen molar-refractivity contribution in [3.8, 4) is 0 Å². The summed E-state index contributed by atoms with van der Waals surface area (Å²) >= 11 is 0. The molecular formula is C18H40P+. The van der Waals surface area contributed by atoms with Gasteiger partial charge < -0.3 is 0 Å². The van der Waals surface area contributed by atoms with Crippen LogP contribution in [0, 0.1) is 11.8 Å². The van der Waals surface area contributed by atoms with E-state index in [0.717, 1.165) is 11.8 Å². The summed E-state index contributed by atoms with van der Waals surface area (Å²) in [5.74, 6) is 2.01. The number of hydrogen-bond donors (Lipinski definition) is 0. The Morgan fingerprint density at radius 2 is 1.05 bits per heavy atom. The molecular weight excluding hydrogens is 247 g/mol. The molecule has 0 N–H and O–H groups in total. The zero-order chi connectivity index (χ0) is 14.7. The lowest BCUT2D eigenvalue weighted by Gasteiger charge is -2.27. The lowest BCUT2D eigenvalue weighted by molar-refractivity contribution is 0.482. The zero-order valence-electron chi connectivity index (χ0n) is 14.7. The van der Waals surface area contributed by atoms with E-state index in [0.29, 0.717) is 0 Å². The molecule has 2 atom stereocenters. The van der Waals surface area contributed by atoms with Gasteiger partial charge in [-0.15, -0.1) is 0 Å². The molecule has 0 aliphatic heterocycles. The van der Waals surface area contributed by atoms with Crippen LogP contribution in [0.15, 0.2) is 0 Å². The summed E-state index contributed by atoms with van der Waals surface area (Å²) in [7, 11) is -0.668. The quantitative estimate of drug-likeness (QED) is 0.350. The highest BCUT2D eigenvalue weighted by Gasteiger charge is 2.31. The molecule has 0 amide bonds. The van der Waals surface area contributed by atoms with E-state index in [2.05, 4.69) is 41.0 Å². The first-order chi connectivity index (χ1) is 8.99. The molecule has 0 saturated carbocycles. The van der Waals surface area contributed by atoms with E-state index in [1.807, 2.05) is 0 Å². The summed E-state index contributed by atoms with van der Waals surface area (Å²) in [4.78, 5) is 0. The van der Waals surface area contributed by atoms with Crippen LogP contribution >= 0.6 is 7.26 Å². The molecule has 0 heterocycles. The van der Waals surface area contributed by atoms with Crippen LogP contribution in [-0.4, -0.2) is 25.7 Å². The highest BCUT2D eigenvalue weighted by atomic mass is 31.2. The molecule has 0 aliphatic carbocycles. The number of unbranched alkanes of at least 4 members (excludes halogenated alkanes) is 2. The molecule has 1 heteroatoms. The fourth-order valence-electron chi connectivity index (χ4n) is 3.31. The van der Waals surface area contributed by atoms with E-state index >= 15 is 0 Å². The Morgan fingerprint density at radius 1 is 0.684 bits per heavy atom. The molecule has 0 aromatic heterocycles. The van der Waals surface area contributed by atoms with E-state index in [9.17, 15) is 0 Å². The van der Waals surface area contributed by atoms with E-state index in [1.165, 1.54) is 51.4 Å². The van der Waals surface area contributed by atoms with Crippen molar-refractivity contribution in [1.29, 1.82) is 0 Å². The Bertz CT molecular complexity index is 178. The van der Waals surface area contributed by atoms with Gasteiger partial charge in [0.15, 0.2) is 0 Å². The second kappa shape index (κ2) is 11.1. The molecule has 0 saturated heterocycles. The summed E-state index contributed by atoms with van der Waals surface area (Å²) in [6, 6.07) is 0. The average Bonchev–Trinajstić information content (AvgIpc) is 2.39. The molecule has 0 fully saturated rings. The van der Waals surface area contributed by atoms with Crippen LogP contribution in [0.2, 0.25) is 0 Å². The van der Waals surface area contributed by atoms with Crippen molar-refractivity contribution in [1.82, 2.24) is 0 Å². The molecule has 116 valence electrons. The van der Waals surface area contributed by atoms with Gasteiger partial charge in [-0.3, -0.25) is 0 Å². The normalized spacial score (nSPS) is 15.5. The van der Waals surface area contributed by atoms with Crippen LogP contribution in [0.4, 0.5) is 0 Å². The van der Waals surface area contributed by atoms with E-state index < -0.39 is 7.26 Å². The molecule has 0 rings (SSSR count). The molecule has 19 heavy (non-hydrogen) atoms.